The number of piperidine rings is 1. The third kappa shape index (κ3) is 2.50. The average Bonchev–Trinajstić information content (AvgIpc) is 2.24. The van der Waals surface area contributed by atoms with E-state index in [1.807, 2.05) is 7.05 Å². The van der Waals surface area contributed by atoms with Crippen LogP contribution in [0, 0.1) is 11.6 Å². The third-order valence-corrected chi connectivity index (χ3v) is 2.78. The topological polar surface area (TPSA) is 12.5 Å². The summed E-state index contributed by atoms with van der Waals surface area (Å²) in [5.74, 6) is -1.51. The van der Waals surface area contributed by atoms with Crippen molar-refractivity contribution in [1.29, 1.82) is 0 Å². The van der Waals surface area contributed by atoms with Gasteiger partial charge in [0, 0.05) is 6.54 Å². The Labute approximate surface area is 93.8 Å². The normalized spacial score (nSPS) is 22.1. The zero-order valence-corrected chi connectivity index (χ0v) is 9.25. The Morgan fingerprint density at radius 2 is 2.00 bits per heavy atom. The number of likely N-dealkylation sites (N-methyl/N-ethyl adjacent to an activating group) is 1. The minimum atomic E-state index is -0.631. The summed E-state index contributed by atoms with van der Waals surface area (Å²) in [5, 5.41) is 0. The number of para-hydroxylation sites is 1. The number of hydrogen-bond acceptors (Lipinski definition) is 2. The van der Waals surface area contributed by atoms with Crippen LogP contribution in [0.2, 0.25) is 0 Å². The third-order valence-electron chi connectivity index (χ3n) is 2.78. The lowest BCUT2D eigenvalue weighted by Gasteiger charge is -2.30. The van der Waals surface area contributed by atoms with Gasteiger partial charge in [-0.1, -0.05) is 6.07 Å². The van der Waals surface area contributed by atoms with Crippen LogP contribution in [0.25, 0.3) is 0 Å². The summed E-state index contributed by atoms with van der Waals surface area (Å²) in [4.78, 5) is 2.10. The summed E-state index contributed by atoms with van der Waals surface area (Å²) in [5.41, 5.74) is 0. The van der Waals surface area contributed by atoms with E-state index in [-0.39, 0.29) is 11.9 Å². The zero-order chi connectivity index (χ0) is 11.5. The van der Waals surface area contributed by atoms with Crippen molar-refractivity contribution in [2.75, 3.05) is 20.1 Å². The first kappa shape index (κ1) is 11.3. The minimum Gasteiger partial charge on any atom is -0.483 e. The molecule has 1 aliphatic heterocycles. The van der Waals surface area contributed by atoms with Crippen molar-refractivity contribution >= 4 is 0 Å². The highest BCUT2D eigenvalue weighted by molar-refractivity contribution is 5.26. The van der Waals surface area contributed by atoms with Gasteiger partial charge < -0.3 is 9.64 Å². The molecule has 88 valence electrons. The van der Waals surface area contributed by atoms with E-state index >= 15 is 0 Å². The number of halogens is 2. The lowest BCUT2D eigenvalue weighted by molar-refractivity contribution is 0.0962. The smallest absolute Gasteiger partial charge is 0.191 e. The van der Waals surface area contributed by atoms with Gasteiger partial charge in [-0.25, -0.2) is 8.78 Å². The van der Waals surface area contributed by atoms with Crippen molar-refractivity contribution in [2.24, 2.45) is 0 Å². The van der Waals surface area contributed by atoms with E-state index in [0.717, 1.165) is 19.4 Å². The lowest BCUT2D eigenvalue weighted by Crippen LogP contribution is -2.38. The SMILES string of the molecule is CN1CCCC(Oc2c(F)cccc2F)C1. The number of ether oxygens (including phenoxy) is 1. The quantitative estimate of drug-likeness (QED) is 0.769. The first-order valence-corrected chi connectivity index (χ1v) is 5.46. The van der Waals surface area contributed by atoms with Gasteiger partial charge in [0.15, 0.2) is 17.4 Å². The van der Waals surface area contributed by atoms with Crippen LogP contribution in [-0.2, 0) is 0 Å². The van der Waals surface area contributed by atoms with Gasteiger partial charge in [0.1, 0.15) is 6.10 Å². The fraction of sp³-hybridized carbons (Fsp3) is 0.500. The van der Waals surface area contributed by atoms with E-state index in [2.05, 4.69) is 4.90 Å². The molecule has 1 aliphatic rings. The Kier molecular flexibility index (Phi) is 3.39. The van der Waals surface area contributed by atoms with Crippen molar-refractivity contribution in [3.05, 3.63) is 29.8 Å². The maximum Gasteiger partial charge on any atom is 0.191 e. The molecule has 1 unspecified atom stereocenters. The summed E-state index contributed by atoms with van der Waals surface area (Å²) < 4.78 is 32.0. The second-order valence-electron chi connectivity index (χ2n) is 4.20. The number of nitrogens with zero attached hydrogens (tertiary/aromatic N) is 1. The van der Waals surface area contributed by atoms with Crippen LogP contribution in [-0.4, -0.2) is 31.1 Å². The molecule has 0 saturated carbocycles. The van der Waals surface area contributed by atoms with Gasteiger partial charge >= 0.3 is 0 Å². The molecule has 0 N–H and O–H groups in total. The maximum absolute atomic E-state index is 13.3. The molecule has 16 heavy (non-hydrogen) atoms. The molecule has 1 atom stereocenters. The Morgan fingerprint density at radius 1 is 1.31 bits per heavy atom. The second kappa shape index (κ2) is 4.78. The maximum atomic E-state index is 13.3. The van der Waals surface area contributed by atoms with Gasteiger partial charge in [0.25, 0.3) is 0 Å². The molecule has 1 saturated heterocycles. The van der Waals surface area contributed by atoms with Crippen LogP contribution in [0.5, 0.6) is 5.75 Å². The Morgan fingerprint density at radius 3 is 2.62 bits per heavy atom. The molecular formula is C12H15F2NO. The number of likely N-dealkylation sites (tertiary alicyclic amines) is 1. The first-order valence-electron chi connectivity index (χ1n) is 5.46. The first-order chi connectivity index (χ1) is 7.66. The van der Waals surface area contributed by atoms with E-state index in [0.29, 0.717) is 6.54 Å². The van der Waals surface area contributed by atoms with E-state index < -0.39 is 11.6 Å². The van der Waals surface area contributed by atoms with Crippen LogP contribution >= 0.6 is 0 Å². The van der Waals surface area contributed by atoms with Gasteiger partial charge in [-0.3, -0.25) is 0 Å². The summed E-state index contributed by atoms with van der Waals surface area (Å²) >= 11 is 0. The fourth-order valence-corrected chi connectivity index (χ4v) is 1.98. The monoisotopic (exact) mass is 227 g/mol. The summed E-state index contributed by atoms with van der Waals surface area (Å²) in [6.07, 6.45) is 1.72. The molecule has 0 aromatic heterocycles. The summed E-state index contributed by atoms with van der Waals surface area (Å²) in [7, 11) is 1.98. The molecule has 0 radical (unpaired) electrons. The predicted molar refractivity (Wildman–Crippen MR) is 57.5 cm³/mol. The van der Waals surface area contributed by atoms with Gasteiger partial charge in [-0.2, -0.15) is 0 Å². The van der Waals surface area contributed by atoms with Crippen LogP contribution in [0.1, 0.15) is 12.8 Å². The van der Waals surface area contributed by atoms with E-state index in [4.69, 9.17) is 4.74 Å². The molecular weight excluding hydrogens is 212 g/mol. The number of hydrogen-bond donors (Lipinski definition) is 0. The molecule has 1 aromatic carbocycles. The molecule has 1 heterocycles. The predicted octanol–water partition coefficient (Wildman–Crippen LogP) is 2.44. The van der Waals surface area contributed by atoms with Crippen LogP contribution in [0.15, 0.2) is 18.2 Å². The molecule has 1 fully saturated rings. The summed E-state index contributed by atoms with van der Waals surface area (Å²) in [6, 6.07) is 3.76. The van der Waals surface area contributed by atoms with Gasteiger partial charge in [-0.05, 0) is 38.6 Å². The Balaban J connectivity index is 2.08. The van der Waals surface area contributed by atoms with Gasteiger partial charge in [-0.15, -0.1) is 0 Å². The molecule has 0 amide bonds. The average molecular weight is 227 g/mol. The molecule has 0 bridgehead atoms. The minimum absolute atomic E-state index is 0.120. The van der Waals surface area contributed by atoms with Crippen molar-refractivity contribution in [2.45, 2.75) is 18.9 Å². The molecule has 4 heteroatoms. The molecule has 1 aromatic rings. The van der Waals surface area contributed by atoms with Crippen molar-refractivity contribution in [3.8, 4) is 5.75 Å². The molecule has 2 rings (SSSR count). The van der Waals surface area contributed by atoms with Gasteiger partial charge in [0.2, 0.25) is 0 Å². The summed E-state index contributed by atoms with van der Waals surface area (Å²) in [6.45, 7) is 1.73. The van der Waals surface area contributed by atoms with Crippen LogP contribution in [0.4, 0.5) is 8.78 Å². The largest absolute Gasteiger partial charge is 0.483 e. The van der Waals surface area contributed by atoms with Crippen LogP contribution < -0.4 is 4.74 Å². The molecule has 0 aliphatic carbocycles. The molecule has 2 nitrogen and oxygen atoms in total. The highest BCUT2D eigenvalue weighted by Gasteiger charge is 2.21. The van der Waals surface area contributed by atoms with Crippen LogP contribution in [0.3, 0.4) is 0 Å². The number of benzene rings is 1. The second-order valence-corrected chi connectivity index (χ2v) is 4.20. The molecule has 0 spiro atoms. The van der Waals surface area contributed by atoms with E-state index in [1.165, 1.54) is 18.2 Å². The van der Waals surface area contributed by atoms with E-state index in [1.54, 1.807) is 0 Å². The van der Waals surface area contributed by atoms with E-state index in [9.17, 15) is 8.78 Å². The highest BCUT2D eigenvalue weighted by atomic mass is 19.1. The Bertz CT molecular complexity index is 350. The standard InChI is InChI=1S/C12H15F2NO/c1-15-7-3-4-9(8-15)16-12-10(13)5-2-6-11(12)14/h2,5-6,9H,3-4,7-8H2,1H3. The lowest BCUT2D eigenvalue weighted by atomic mass is 10.1. The number of rotatable bonds is 2. The fourth-order valence-electron chi connectivity index (χ4n) is 1.98. The zero-order valence-electron chi connectivity index (χ0n) is 9.25. The van der Waals surface area contributed by atoms with Crippen molar-refractivity contribution in [3.63, 3.8) is 0 Å². The van der Waals surface area contributed by atoms with Crippen molar-refractivity contribution in [1.82, 2.24) is 4.90 Å². The highest BCUT2D eigenvalue weighted by Crippen LogP contribution is 2.24. The van der Waals surface area contributed by atoms with Gasteiger partial charge in [0.05, 0.1) is 0 Å². The Hall–Kier alpha value is -1.16. The van der Waals surface area contributed by atoms with Crippen molar-refractivity contribution < 1.29 is 13.5 Å².